The molecule has 130 valence electrons. The van der Waals surface area contributed by atoms with Crippen LogP contribution in [0.2, 0.25) is 0 Å². The topological polar surface area (TPSA) is 64.6 Å². The van der Waals surface area contributed by atoms with Gasteiger partial charge in [-0.3, -0.25) is 4.79 Å². The lowest BCUT2D eigenvalue weighted by Crippen LogP contribution is -2.09. The molecule has 25 heavy (non-hydrogen) atoms. The van der Waals surface area contributed by atoms with Gasteiger partial charge in [-0.1, -0.05) is 13.0 Å². The lowest BCUT2D eigenvalue weighted by molar-refractivity contribution is 0.0602. The lowest BCUT2D eigenvalue weighted by Gasteiger charge is -2.07. The summed E-state index contributed by atoms with van der Waals surface area (Å²) in [6.07, 6.45) is 0.826. The van der Waals surface area contributed by atoms with Crippen LogP contribution in [0.5, 0.6) is 5.75 Å². The van der Waals surface area contributed by atoms with E-state index < -0.39 is 5.97 Å². The number of esters is 1. The zero-order chi connectivity index (χ0) is 17.8. The van der Waals surface area contributed by atoms with Crippen molar-refractivity contribution in [2.45, 2.75) is 13.3 Å². The smallest absolute Gasteiger partial charge is 0.351 e. The van der Waals surface area contributed by atoms with E-state index in [0.717, 1.165) is 16.5 Å². The second-order valence-corrected chi connectivity index (χ2v) is 7.24. The van der Waals surface area contributed by atoms with Gasteiger partial charge in [-0.2, -0.15) is 0 Å². The number of methoxy groups -OCH3 is 1. The van der Waals surface area contributed by atoms with Crippen LogP contribution >= 0.6 is 22.7 Å². The highest BCUT2D eigenvalue weighted by molar-refractivity contribution is 7.21. The van der Waals surface area contributed by atoms with Crippen molar-refractivity contribution in [2.75, 3.05) is 19.0 Å². The molecule has 1 aromatic carbocycles. The average Bonchev–Trinajstić information content (AvgIpc) is 3.27. The predicted octanol–water partition coefficient (Wildman–Crippen LogP) is 4.79. The molecule has 1 amide bonds. The molecule has 2 aromatic heterocycles. The number of carbonyl (C=O) groups is 2. The molecule has 3 aromatic rings. The molecule has 0 atom stereocenters. The maximum atomic E-state index is 12.2. The molecule has 0 unspecified atom stereocenters. The van der Waals surface area contributed by atoms with Crippen molar-refractivity contribution < 1.29 is 19.1 Å². The number of nitrogens with one attached hydrogen (secondary N) is 1. The summed E-state index contributed by atoms with van der Waals surface area (Å²) >= 11 is 2.71. The zero-order valence-corrected chi connectivity index (χ0v) is 15.5. The second-order valence-electron chi connectivity index (χ2n) is 5.24. The minimum atomic E-state index is -0.420. The Morgan fingerprint density at radius 1 is 1.24 bits per heavy atom. The number of fused-ring (bicyclic) bond motifs is 1. The largest absolute Gasteiger partial charge is 0.491 e. The van der Waals surface area contributed by atoms with Crippen LogP contribution in [0.15, 0.2) is 35.7 Å². The molecule has 5 nitrogen and oxygen atoms in total. The van der Waals surface area contributed by atoms with Gasteiger partial charge in [0.05, 0.1) is 18.6 Å². The van der Waals surface area contributed by atoms with Gasteiger partial charge in [-0.15, -0.1) is 22.7 Å². The van der Waals surface area contributed by atoms with Crippen molar-refractivity contribution >= 4 is 50.3 Å². The molecule has 3 rings (SSSR count). The van der Waals surface area contributed by atoms with Gasteiger partial charge >= 0.3 is 5.97 Å². The summed E-state index contributed by atoms with van der Waals surface area (Å²) in [4.78, 5) is 25.3. The molecule has 1 N–H and O–H groups in total. The average molecular weight is 375 g/mol. The van der Waals surface area contributed by atoms with E-state index in [4.69, 9.17) is 9.47 Å². The third kappa shape index (κ3) is 3.67. The normalized spacial score (nSPS) is 10.6. The fraction of sp³-hybridized carbons (Fsp3) is 0.222. The highest BCUT2D eigenvalue weighted by Gasteiger charge is 2.21. The first-order valence-electron chi connectivity index (χ1n) is 7.76. The molecular weight excluding hydrogens is 358 g/mol. The number of benzene rings is 1. The number of ether oxygens (including phenoxy) is 2. The van der Waals surface area contributed by atoms with Crippen LogP contribution in [0.3, 0.4) is 0 Å². The molecule has 0 saturated carbocycles. The fourth-order valence-corrected chi connectivity index (χ4v) is 3.99. The molecule has 0 fully saturated rings. The van der Waals surface area contributed by atoms with Crippen molar-refractivity contribution in [3.8, 4) is 5.75 Å². The third-order valence-corrected chi connectivity index (χ3v) is 5.47. The van der Waals surface area contributed by atoms with E-state index in [1.54, 1.807) is 6.07 Å². The number of carbonyl (C=O) groups excluding carboxylic acids is 2. The molecule has 0 radical (unpaired) electrons. The molecule has 0 spiro atoms. The molecule has 0 aliphatic heterocycles. The van der Waals surface area contributed by atoms with Crippen LogP contribution < -0.4 is 10.1 Å². The van der Waals surface area contributed by atoms with Gasteiger partial charge in [0, 0.05) is 15.8 Å². The quantitative estimate of drug-likeness (QED) is 0.629. The monoisotopic (exact) mass is 375 g/mol. The Balaban J connectivity index is 1.97. The highest BCUT2D eigenvalue weighted by Crippen LogP contribution is 2.39. The Hall–Kier alpha value is -2.38. The summed E-state index contributed by atoms with van der Waals surface area (Å²) in [6, 6.07) is 9.12. The molecule has 0 bridgehead atoms. The van der Waals surface area contributed by atoms with Crippen molar-refractivity contribution in [1.29, 1.82) is 0 Å². The number of amides is 1. The summed E-state index contributed by atoms with van der Waals surface area (Å²) in [5.74, 6) is -0.0637. The van der Waals surface area contributed by atoms with Crippen LogP contribution in [-0.2, 0) is 4.74 Å². The Morgan fingerprint density at radius 2 is 2.08 bits per heavy atom. The number of hydrogen-bond acceptors (Lipinski definition) is 6. The SMILES string of the molecule is CCCOc1c(C(=O)OC)sc2ccc(NC(=O)c3cccs3)cc12. The number of anilines is 1. The van der Waals surface area contributed by atoms with Crippen LogP contribution in [-0.4, -0.2) is 25.6 Å². The number of hydrogen-bond donors (Lipinski definition) is 1. The van der Waals surface area contributed by atoms with Crippen LogP contribution in [0.4, 0.5) is 5.69 Å². The van der Waals surface area contributed by atoms with E-state index in [-0.39, 0.29) is 5.91 Å². The van der Waals surface area contributed by atoms with Crippen LogP contribution in [0, 0.1) is 0 Å². The van der Waals surface area contributed by atoms with E-state index in [0.29, 0.717) is 27.8 Å². The molecule has 0 aliphatic rings. The van der Waals surface area contributed by atoms with Gasteiger partial charge in [-0.25, -0.2) is 4.79 Å². The predicted molar refractivity (Wildman–Crippen MR) is 101 cm³/mol. The van der Waals surface area contributed by atoms with Gasteiger partial charge in [0.15, 0.2) is 10.6 Å². The maximum Gasteiger partial charge on any atom is 0.351 e. The number of thiophene rings is 2. The van der Waals surface area contributed by atoms with Crippen molar-refractivity contribution in [3.05, 3.63) is 45.5 Å². The zero-order valence-electron chi connectivity index (χ0n) is 13.8. The van der Waals surface area contributed by atoms with Crippen LogP contribution in [0.1, 0.15) is 32.7 Å². The molecular formula is C18H17NO4S2. The van der Waals surface area contributed by atoms with E-state index in [2.05, 4.69) is 5.32 Å². The third-order valence-electron chi connectivity index (χ3n) is 3.47. The van der Waals surface area contributed by atoms with Gasteiger partial charge in [0.1, 0.15) is 0 Å². The highest BCUT2D eigenvalue weighted by atomic mass is 32.1. The molecule has 2 heterocycles. The van der Waals surface area contributed by atoms with Crippen LogP contribution in [0.25, 0.3) is 10.1 Å². The Kier molecular flexibility index (Phi) is 5.35. The number of rotatable bonds is 6. The van der Waals surface area contributed by atoms with E-state index >= 15 is 0 Å². The summed E-state index contributed by atoms with van der Waals surface area (Å²) in [7, 11) is 1.35. The van der Waals surface area contributed by atoms with E-state index in [1.807, 2.05) is 36.6 Å². The van der Waals surface area contributed by atoms with Crippen molar-refractivity contribution in [1.82, 2.24) is 0 Å². The van der Waals surface area contributed by atoms with Gasteiger partial charge < -0.3 is 14.8 Å². The van der Waals surface area contributed by atoms with E-state index in [1.165, 1.54) is 29.8 Å². The minimum absolute atomic E-state index is 0.159. The van der Waals surface area contributed by atoms with Gasteiger partial charge in [0.2, 0.25) is 0 Å². The van der Waals surface area contributed by atoms with Crippen molar-refractivity contribution in [2.24, 2.45) is 0 Å². The summed E-state index contributed by atoms with van der Waals surface area (Å²) < 4.78 is 11.6. The first kappa shape index (κ1) is 17.4. The first-order valence-corrected chi connectivity index (χ1v) is 9.46. The Labute approximate surface area is 153 Å². The van der Waals surface area contributed by atoms with Gasteiger partial charge in [0.25, 0.3) is 5.91 Å². The summed E-state index contributed by atoms with van der Waals surface area (Å²) in [6.45, 7) is 2.50. The molecule has 7 heteroatoms. The summed E-state index contributed by atoms with van der Waals surface area (Å²) in [5, 5.41) is 5.53. The molecule has 0 saturated heterocycles. The van der Waals surface area contributed by atoms with Crippen molar-refractivity contribution in [3.63, 3.8) is 0 Å². The standard InChI is InChI=1S/C18H17NO4S2/c1-3-8-23-15-12-10-11(19-17(20)14-5-4-9-24-14)6-7-13(12)25-16(15)18(21)22-2/h4-7,9-10H,3,8H2,1-2H3,(H,19,20). The minimum Gasteiger partial charge on any atom is -0.491 e. The second kappa shape index (κ2) is 7.67. The fourth-order valence-electron chi connectivity index (χ4n) is 2.33. The molecule has 0 aliphatic carbocycles. The van der Waals surface area contributed by atoms with Gasteiger partial charge in [-0.05, 0) is 36.1 Å². The van der Waals surface area contributed by atoms with E-state index in [9.17, 15) is 9.59 Å². The Morgan fingerprint density at radius 3 is 2.76 bits per heavy atom. The maximum absolute atomic E-state index is 12.2. The Bertz CT molecular complexity index is 899. The lowest BCUT2D eigenvalue weighted by atomic mass is 10.2. The summed E-state index contributed by atoms with van der Waals surface area (Å²) in [5.41, 5.74) is 0.654. The first-order chi connectivity index (χ1) is 12.1.